The van der Waals surface area contributed by atoms with Gasteiger partial charge in [0.15, 0.2) is 0 Å². The fourth-order valence-corrected chi connectivity index (χ4v) is 5.06. The molecule has 1 aliphatic heterocycles. The number of benzene rings is 1. The normalized spacial score (nSPS) is 26.2. The highest BCUT2D eigenvalue weighted by Gasteiger charge is 2.30. The fraction of sp³-hybridized carbons (Fsp3) is 0.538. The molecule has 1 atom stereocenters. The Labute approximate surface area is 191 Å². The number of nitrogens with two attached hydrogens (primary N) is 1. The third-order valence-corrected chi connectivity index (χ3v) is 7.24. The number of nitrogens with one attached hydrogen (secondary N) is 1. The molecule has 1 amide bonds. The quantitative estimate of drug-likeness (QED) is 0.658. The minimum atomic E-state index is -0.627. The summed E-state index contributed by atoms with van der Waals surface area (Å²) in [5.41, 5.74) is 10.3. The molecular formula is C26H36N4O2. The van der Waals surface area contributed by atoms with Crippen molar-refractivity contribution in [1.82, 2.24) is 15.2 Å². The lowest BCUT2D eigenvalue weighted by molar-refractivity contribution is 0.0140. The summed E-state index contributed by atoms with van der Waals surface area (Å²) in [6, 6.07) is 9.10. The molecule has 6 nitrogen and oxygen atoms in total. The topological polar surface area (TPSA) is 91.5 Å². The molecule has 0 radical (unpaired) electrons. The number of likely N-dealkylation sites (tertiary alicyclic amines) is 1. The van der Waals surface area contributed by atoms with Gasteiger partial charge in [0.1, 0.15) is 5.82 Å². The Morgan fingerprint density at radius 3 is 2.69 bits per heavy atom. The van der Waals surface area contributed by atoms with Gasteiger partial charge in [-0.1, -0.05) is 18.2 Å². The van der Waals surface area contributed by atoms with Crippen LogP contribution in [0.4, 0.5) is 5.82 Å². The molecular weight excluding hydrogens is 400 g/mol. The molecule has 0 unspecified atom stereocenters. The van der Waals surface area contributed by atoms with E-state index in [1.807, 2.05) is 13.0 Å². The molecule has 4 rings (SSSR count). The molecule has 172 valence electrons. The number of amides is 1. The monoisotopic (exact) mass is 436 g/mol. The number of rotatable bonds is 5. The second-order valence-corrected chi connectivity index (χ2v) is 10.0. The maximum Gasteiger partial charge on any atom is 0.255 e. The lowest BCUT2D eigenvalue weighted by atomic mass is 9.83. The van der Waals surface area contributed by atoms with Crippen molar-refractivity contribution >= 4 is 11.7 Å². The molecule has 2 heterocycles. The highest BCUT2D eigenvalue weighted by molar-refractivity contribution is 5.99. The second-order valence-electron chi connectivity index (χ2n) is 10.0. The number of aryl methyl sites for hydroxylation is 1. The average molecular weight is 437 g/mol. The SMILES string of the molecule is Cc1cc(CN2CCC[C@H]2C)ccc1-c1cnc(N)c(C(=O)N[C@H]2CC[C@](C)(O)CC2)c1. The molecule has 2 aliphatic rings. The van der Waals surface area contributed by atoms with E-state index in [2.05, 4.69) is 47.2 Å². The van der Waals surface area contributed by atoms with Crippen LogP contribution in [-0.2, 0) is 6.54 Å². The molecule has 1 saturated heterocycles. The van der Waals surface area contributed by atoms with Gasteiger partial charge in [-0.05, 0) is 88.6 Å². The van der Waals surface area contributed by atoms with Gasteiger partial charge in [0.2, 0.25) is 0 Å². The van der Waals surface area contributed by atoms with Gasteiger partial charge in [0, 0.05) is 30.4 Å². The molecule has 1 saturated carbocycles. The Bertz CT molecular complexity index is 978. The number of aliphatic hydroxyl groups is 1. The predicted octanol–water partition coefficient (Wildman–Crippen LogP) is 4.05. The maximum atomic E-state index is 12.9. The van der Waals surface area contributed by atoms with Crippen LogP contribution in [-0.4, -0.2) is 45.1 Å². The average Bonchev–Trinajstić information content (AvgIpc) is 3.14. The molecule has 0 spiro atoms. The zero-order chi connectivity index (χ0) is 22.9. The van der Waals surface area contributed by atoms with Crippen molar-refractivity contribution in [2.45, 2.75) is 83.5 Å². The van der Waals surface area contributed by atoms with Crippen LogP contribution in [0.5, 0.6) is 0 Å². The molecule has 6 heteroatoms. The Hall–Kier alpha value is -2.44. The molecule has 1 aliphatic carbocycles. The van der Waals surface area contributed by atoms with E-state index in [9.17, 15) is 9.90 Å². The number of carbonyl (C=O) groups excluding carboxylic acids is 1. The fourth-order valence-electron chi connectivity index (χ4n) is 5.06. The Morgan fingerprint density at radius 1 is 1.28 bits per heavy atom. The van der Waals surface area contributed by atoms with E-state index < -0.39 is 5.60 Å². The first-order valence-corrected chi connectivity index (χ1v) is 11.8. The van der Waals surface area contributed by atoms with Crippen LogP contribution in [0.1, 0.15) is 73.9 Å². The van der Waals surface area contributed by atoms with Crippen LogP contribution in [0.25, 0.3) is 11.1 Å². The van der Waals surface area contributed by atoms with Crippen LogP contribution in [0.3, 0.4) is 0 Å². The number of hydrogen-bond acceptors (Lipinski definition) is 5. The van der Waals surface area contributed by atoms with E-state index in [4.69, 9.17) is 5.73 Å². The molecule has 4 N–H and O–H groups in total. The summed E-state index contributed by atoms with van der Waals surface area (Å²) in [4.78, 5) is 19.8. The van der Waals surface area contributed by atoms with Gasteiger partial charge in [-0.2, -0.15) is 0 Å². The summed E-state index contributed by atoms with van der Waals surface area (Å²) in [6.45, 7) is 8.41. The van der Waals surface area contributed by atoms with E-state index in [1.165, 1.54) is 30.5 Å². The van der Waals surface area contributed by atoms with Crippen LogP contribution in [0.15, 0.2) is 30.5 Å². The lowest BCUT2D eigenvalue weighted by Gasteiger charge is -2.33. The summed E-state index contributed by atoms with van der Waals surface area (Å²) in [5.74, 6) is 0.0482. The molecule has 0 bridgehead atoms. The Morgan fingerprint density at radius 2 is 2.03 bits per heavy atom. The molecule has 2 fully saturated rings. The van der Waals surface area contributed by atoms with Crippen molar-refractivity contribution in [3.05, 3.63) is 47.2 Å². The number of aromatic nitrogens is 1. The third kappa shape index (κ3) is 5.13. The number of pyridine rings is 1. The van der Waals surface area contributed by atoms with Gasteiger partial charge < -0.3 is 16.2 Å². The largest absolute Gasteiger partial charge is 0.390 e. The summed E-state index contributed by atoms with van der Waals surface area (Å²) < 4.78 is 0. The first-order valence-electron chi connectivity index (χ1n) is 11.8. The third-order valence-electron chi connectivity index (χ3n) is 7.24. The summed E-state index contributed by atoms with van der Waals surface area (Å²) in [6.07, 6.45) is 7.21. The van der Waals surface area contributed by atoms with Crippen LogP contribution < -0.4 is 11.1 Å². The lowest BCUT2D eigenvalue weighted by Crippen LogP contribution is -2.42. The van der Waals surface area contributed by atoms with Gasteiger partial charge in [0.25, 0.3) is 5.91 Å². The highest BCUT2D eigenvalue weighted by Crippen LogP contribution is 2.30. The molecule has 1 aromatic carbocycles. The number of hydrogen-bond donors (Lipinski definition) is 3. The van der Waals surface area contributed by atoms with Gasteiger partial charge in [0.05, 0.1) is 11.2 Å². The van der Waals surface area contributed by atoms with Crippen molar-refractivity contribution in [3.8, 4) is 11.1 Å². The number of nitrogens with zero attached hydrogens (tertiary/aromatic N) is 2. The Kier molecular flexibility index (Phi) is 6.54. The first kappa shape index (κ1) is 22.7. The summed E-state index contributed by atoms with van der Waals surface area (Å²) in [7, 11) is 0. The number of carbonyl (C=O) groups is 1. The van der Waals surface area contributed by atoms with Crippen molar-refractivity contribution in [2.75, 3.05) is 12.3 Å². The van der Waals surface area contributed by atoms with Gasteiger partial charge in [-0.25, -0.2) is 4.98 Å². The zero-order valence-corrected chi connectivity index (χ0v) is 19.5. The van der Waals surface area contributed by atoms with Crippen molar-refractivity contribution in [1.29, 1.82) is 0 Å². The predicted molar refractivity (Wildman–Crippen MR) is 128 cm³/mol. The van der Waals surface area contributed by atoms with Crippen LogP contribution >= 0.6 is 0 Å². The van der Waals surface area contributed by atoms with Crippen LogP contribution in [0.2, 0.25) is 0 Å². The minimum Gasteiger partial charge on any atom is -0.390 e. The van der Waals surface area contributed by atoms with Crippen LogP contribution in [0, 0.1) is 6.92 Å². The maximum absolute atomic E-state index is 12.9. The number of anilines is 1. The summed E-state index contributed by atoms with van der Waals surface area (Å²) >= 11 is 0. The van der Waals surface area contributed by atoms with E-state index in [0.29, 0.717) is 24.4 Å². The van der Waals surface area contributed by atoms with Gasteiger partial charge >= 0.3 is 0 Å². The summed E-state index contributed by atoms with van der Waals surface area (Å²) in [5, 5.41) is 13.2. The van der Waals surface area contributed by atoms with E-state index in [0.717, 1.165) is 30.5 Å². The zero-order valence-electron chi connectivity index (χ0n) is 19.5. The molecule has 2 aromatic rings. The van der Waals surface area contributed by atoms with Gasteiger partial charge in [-0.15, -0.1) is 0 Å². The first-order chi connectivity index (χ1) is 15.2. The van der Waals surface area contributed by atoms with Crippen molar-refractivity contribution in [2.24, 2.45) is 0 Å². The molecule has 1 aromatic heterocycles. The highest BCUT2D eigenvalue weighted by atomic mass is 16.3. The van der Waals surface area contributed by atoms with E-state index in [1.54, 1.807) is 6.20 Å². The van der Waals surface area contributed by atoms with Crippen molar-refractivity contribution < 1.29 is 9.90 Å². The Balaban J connectivity index is 1.49. The molecule has 32 heavy (non-hydrogen) atoms. The number of nitrogen functional groups attached to an aromatic ring is 1. The van der Waals surface area contributed by atoms with E-state index >= 15 is 0 Å². The smallest absolute Gasteiger partial charge is 0.255 e. The standard InChI is InChI=1S/C26H36N4O2/c1-17-13-19(16-30-12-4-5-18(30)2)6-7-22(17)20-14-23(24(27)28-15-20)25(31)29-21-8-10-26(3,32)11-9-21/h6-7,13-15,18,21,32H,4-5,8-12,16H2,1-3H3,(H2,27,28)(H,29,31)/t18-,21-,26-/m1/s1. The van der Waals surface area contributed by atoms with Crippen molar-refractivity contribution in [3.63, 3.8) is 0 Å². The minimum absolute atomic E-state index is 0.0554. The van der Waals surface area contributed by atoms with Gasteiger partial charge in [-0.3, -0.25) is 9.69 Å². The van der Waals surface area contributed by atoms with E-state index in [-0.39, 0.29) is 17.8 Å². The second kappa shape index (κ2) is 9.20.